The van der Waals surface area contributed by atoms with Crippen LogP contribution in [0.15, 0.2) is 60.8 Å². The Morgan fingerprint density at radius 3 is 1.44 bits per heavy atom. The Morgan fingerprint density at radius 1 is 0.492 bits per heavy atom. The van der Waals surface area contributed by atoms with Crippen molar-refractivity contribution in [3.63, 3.8) is 0 Å². The van der Waals surface area contributed by atoms with E-state index in [1.165, 1.54) is 122 Å². The predicted octanol–water partition coefficient (Wildman–Crippen LogP) is 15.6. The van der Waals surface area contributed by atoms with Crippen LogP contribution in [0.1, 0.15) is 252 Å². The number of ether oxygens (including phenoxy) is 1. The number of nitrogens with one attached hydrogen (secondary N) is 1. The second-order valence-electron chi connectivity index (χ2n) is 17.5. The molecule has 0 radical (unpaired) electrons. The topological polar surface area (TPSA) is 95.9 Å². The number of hydrogen-bond acceptors (Lipinski definition) is 5. The lowest BCUT2D eigenvalue weighted by molar-refractivity contribution is -0.151. The summed E-state index contributed by atoms with van der Waals surface area (Å²) < 4.78 is 5.89. The molecule has 0 spiro atoms. The lowest BCUT2D eigenvalue weighted by atomic mass is 10.0. The molecule has 0 saturated carbocycles. The number of allylic oxidation sites excluding steroid dienone is 10. The Bertz CT molecular complexity index is 1090. The Kier molecular flexibility index (Phi) is 46.6. The first-order chi connectivity index (χ1) is 30.0. The van der Waals surface area contributed by atoms with Crippen LogP contribution in [0.3, 0.4) is 0 Å². The second-order valence-corrected chi connectivity index (χ2v) is 17.5. The van der Waals surface area contributed by atoms with E-state index in [1.54, 1.807) is 0 Å². The summed E-state index contributed by atoms with van der Waals surface area (Å²) in [4.78, 5) is 26.1. The van der Waals surface area contributed by atoms with E-state index in [0.29, 0.717) is 19.3 Å². The van der Waals surface area contributed by atoms with Gasteiger partial charge in [-0.3, -0.25) is 9.59 Å². The smallest absolute Gasteiger partial charge is 0.306 e. The number of amides is 1. The highest BCUT2D eigenvalue weighted by molar-refractivity contribution is 5.77. The van der Waals surface area contributed by atoms with Crippen molar-refractivity contribution in [1.29, 1.82) is 0 Å². The highest BCUT2D eigenvalue weighted by atomic mass is 16.5. The van der Waals surface area contributed by atoms with Crippen LogP contribution in [0.2, 0.25) is 0 Å². The van der Waals surface area contributed by atoms with Crippen LogP contribution in [-0.2, 0) is 14.3 Å². The Labute approximate surface area is 378 Å². The average Bonchev–Trinajstić information content (AvgIpc) is 3.25. The molecule has 6 heteroatoms. The summed E-state index contributed by atoms with van der Waals surface area (Å²) in [5.41, 5.74) is 0. The molecule has 0 aliphatic heterocycles. The molecule has 0 aliphatic rings. The summed E-state index contributed by atoms with van der Waals surface area (Å²) >= 11 is 0. The van der Waals surface area contributed by atoms with Gasteiger partial charge < -0.3 is 20.3 Å². The Balaban J connectivity index is 4.59. The van der Waals surface area contributed by atoms with Crippen LogP contribution >= 0.6 is 0 Å². The summed E-state index contributed by atoms with van der Waals surface area (Å²) in [5.74, 6) is -0.538. The van der Waals surface area contributed by atoms with Crippen molar-refractivity contribution in [3.05, 3.63) is 60.8 Å². The number of rotatable bonds is 46. The van der Waals surface area contributed by atoms with E-state index in [2.05, 4.69) is 86.8 Å². The van der Waals surface area contributed by atoms with Crippen molar-refractivity contribution in [1.82, 2.24) is 5.32 Å². The molecule has 0 aromatic rings. The summed E-state index contributed by atoms with van der Waals surface area (Å²) in [6.45, 7) is 6.32. The van der Waals surface area contributed by atoms with Gasteiger partial charge >= 0.3 is 5.97 Å². The molecule has 3 unspecified atom stereocenters. The zero-order chi connectivity index (χ0) is 44.5. The molecule has 0 aromatic heterocycles. The quantitative estimate of drug-likeness (QED) is 0.0322. The van der Waals surface area contributed by atoms with E-state index < -0.39 is 18.2 Å². The molecule has 61 heavy (non-hydrogen) atoms. The fourth-order valence-electron chi connectivity index (χ4n) is 7.64. The van der Waals surface area contributed by atoms with Crippen LogP contribution in [0.5, 0.6) is 0 Å². The highest BCUT2D eigenvalue weighted by Crippen LogP contribution is 2.17. The maximum Gasteiger partial charge on any atom is 0.306 e. The number of esters is 1. The largest absolute Gasteiger partial charge is 0.462 e. The number of unbranched alkanes of at least 4 members (excludes halogenated alkanes) is 24. The van der Waals surface area contributed by atoms with Gasteiger partial charge in [-0.25, -0.2) is 0 Å². The third kappa shape index (κ3) is 44.0. The van der Waals surface area contributed by atoms with Crippen molar-refractivity contribution in [3.8, 4) is 0 Å². The fraction of sp³-hybridized carbons (Fsp3) is 0.782. The predicted molar refractivity (Wildman–Crippen MR) is 264 cm³/mol. The first-order valence-corrected chi connectivity index (χ1v) is 26.0. The van der Waals surface area contributed by atoms with Gasteiger partial charge in [0.25, 0.3) is 0 Å². The van der Waals surface area contributed by atoms with Gasteiger partial charge in [0.2, 0.25) is 5.91 Å². The van der Waals surface area contributed by atoms with E-state index in [1.807, 2.05) is 0 Å². The SMILES string of the molecule is CC/C=C/C/C=C/C/C=C/C/C=C/CCCC(CC(=O)NC(CO)C(O)CCCCCCCCCCCCCCCCCCC)OC(=O)CCCCCCC/C=C\CCCC. The average molecular weight is 854 g/mol. The molecule has 0 bridgehead atoms. The molecule has 0 heterocycles. The maximum atomic E-state index is 13.2. The van der Waals surface area contributed by atoms with Crippen LogP contribution in [0.25, 0.3) is 0 Å². The standard InChI is InChI=1S/C55H99NO5/c1-4-7-10-13-16-19-22-24-26-27-28-30-33-35-38-41-44-47-53(58)52(50-57)56-54(59)49-51(46-43-40-37-34-32-29-25-23-20-17-14-11-8-5-2)61-55(60)48-45-42-39-36-31-21-18-15-12-9-6-3/h8,11,15,17-18,20,25,29,34,37,51-53,57-58H,4-7,9-10,12-14,16,19,21-24,26-28,30-33,35-36,38-50H2,1-3H3,(H,56,59)/b11-8+,18-15-,20-17+,29-25+,37-34+. The number of carbonyl (C=O) groups is 2. The molecule has 3 N–H and O–H groups in total. The van der Waals surface area contributed by atoms with Gasteiger partial charge in [-0.15, -0.1) is 0 Å². The van der Waals surface area contributed by atoms with Crippen LogP contribution < -0.4 is 5.32 Å². The highest BCUT2D eigenvalue weighted by Gasteiger charge is 2.24. The van der Waals surface area contributed by atoms with Crippen molar-refractivity contribution < 1.29 is 24.5 Å². The maximum absolute atomic E-state index is 13.2. The van der Waals surface area contributed by atoms with Gasteiger partial charge in [-0.1, -0.05) is 223 Å². The molecule has 6 nitrogen and oxygen atoms in total. The molecule has 1 amide bonds. The van der Waals surface area contributed by atoms with Crippen molar-refractivity contribution in [2.45, 2.75) is 270 Å². The van der Waals surface area contributed by atoms with Crippen molar-refractivity contribution in [2.24, 2.45) is 0 Å². The fourth-order valence-corrected chi connectivity index (χ4v) is 7.64. The molecule has 3 atom stereocenters. The summed E-state index contributed by atoms with van der Waals surface area (Å²) in [6.07, 6.45) is 60.0. The second kappa shape index (κ2) is 48.6. The molecular weight excluding hydrogens is 755 g/mol. The summed E-state index contributed by atoms with van der Waals surface area (Å²) in [6, 6.07) is -0.721. The van der Waals surface area contributed by atoms with Crippen LogP contribution in [0.4, 0.5) is 0 Å². The molecule has 0 aromatic carbocycles. The molecule has 0 aliphatic carbocycles. The van der Waals surface area contributed by atoms with E-state index >= 15 is 0 Å². The summed E-state index contributed by atoms with van der Waals surface area (Å²) in [5, 5.41) is 23.8. The molecule has 0 saturated heterocycles. The molecule has 0 rings (SSSR count). The van der Waals surface area contributed by atoms with E-state index in [0.717, 1.165) is 83.5 Å². The first-order valence-electron chi connectivity index (χ1n) is 26.0. The zero-order valence-corrected chi connectivity index (χ0v) is 40.3. The number of aliphatic hydroxyl groups excluding tert-OH is 2. The van der Waals surface area contributed by atoms with E-state index in [-0.39, 0.29) is 24.9 Å². The van der Waals surface area contributed by atoms with Crippen LogP contribution in [0, 0.1) is 0 Å². The lowest BCUT2D eigenvalue weighted by Gasteiger charge is -2.24. The summed E-state index contributed by atoms with van der Waals surface area (Å²) in [7, 11) is 0. The third-order valence-electron chi connectivity index (χ3n) is 11.6. The number of carbonyl (C=O) groups excluding carboxylic acids is 2. The minimum absolute atomic E-state index is 0.0358. The monoisotopic (exact) mass is 854 g/mol. The van der Waals surface area contributed by atoms with Crippen LogP contribution in [-0.4, -0.2) is 46.9 Å². The molecule has 354 valence electrons. The lowest BCUT2D eigenvalue weighted by Crippen LogP contribution is -2.46. The van der Waals surface area contributed by atoms with E-state index in [4.69, 9.17) is 4.74 Å². The van der Waals surface area contributed by atoms with Gasteiger partial charge in [-0.2, -0.15) is 0 Å². The van der Waals surface area contributed by atoms with Gasteiger partial charge in [-0.05, 0) is 77.0 Å². The van der Waals surface area contributed by atoms with Gasteiger partial charge in [0.05, 0.1) is 25.2 Å². The van der Waals surface area contributed by atoms with Crippen molar-refractivity contribution >= 4 is 11.9 Å². The Hall–Kier alpha value is -2.44. The molecule has 0 fully saturated rings. The number of hydrogen-bond donors (Lipinski definition) is 3. The van der Waals surface area contributed by atoms with E-state index in [9.17, 15) is 19.8 Å². The number of aliphatic hydroxyl groups is 2. The minimum Gasteiger partial charge on any atom is -0.462 e. The third-order valence-corrected chi connectivity index (χ3v) is 11.6. The van der Waals surface area contributed by atoms with Gasteiger partial charge in [0.1, 0.15) is 6.10 Å². The van der Waals surface area contributed by atoms with Crippen molar-refractivity contribution in [2.75, 3.05) is 6.61 Å². The normalized spacial score (nSPS) is 13.7. The van der Waals surface area contributed by atoms with Gasteiger partial charge in [0.15, 0.2) is 0 Å². The molecular formula is C55H99NO5. The van der Waals surface area contributed by atoms with Gasteiger partial charge in [0, 0.05) is 6.42 Å². The minimum atomic E-state index is -0.804. The first kappa shape index (κ1) is 58.6. The zero-order valence-electron chi connectivity index (χ0n) is 40.3. The Morgan fingerprint density at radius 2 is 0.918 bits per heavy atom.